The molecule has 0 N–H and O–H groups in total. The van der Waals surface area contributed by atoms with Gasteiger partial charge >= 0.3 is 20.4 Å². The third-order valence-corrected chi connectivity index (χ3v) is 10.1. The van der Waals surface area contributed by atoms with E-state index in [0.717, 1.165) is 76.8 Å². The molecular weight excluding hydrogens is 735 g/mol. The van der Waals surface area contributed by atoms with Crippen LogP contribution in [0.4, 0.5) is 0 Å². The summed E-state index contributed by atoms with van der Waals surface area (Å²) in [6.45, 7) is 4.37. The number of benzene rings is 6. The first-order valence-electron chi connectivity index (χ1n) is 16.9. The van der Waals surface area contributed by atoms with Crippen molar-refractivity contribution in [1.82, 2.24) is 28.7 Å². The summed E-state index contributed by atoms with van der Waals surface area (Å²) in [7, 11) is 0. The second-order valence-electron chi connectivity index (χ2n) is 13.1. The standard InChI is InChI=1S/C44H26N6O.Pd/c1-25-9-7-10-26(2)40(25)31-11-8-16-39-41(31)30-20-18-28(22-33(30)43-47-35-12-3-5-14-37(35)49(39)43)51-27-17-19-29-32(21-27)44-48-36-13-4-6-15-38(36)50(44)42-34(29)23-45-24-46-42;/h3-20,23-24H,1-2H3;/q-2;+2. The Morgan fingerprint density at radius 2 is 1.15 bits per heavy atom. The van der Waals surface area contributed by atoms with E-state index in [1.54, 1.807) is 6.33 Å². The third kappa shape index (κ3) is 4.29. The van der Waals surface area contributed by atoms with Gasteiger partial charge in [0.1, 0.15) is 12.0 Å². The zero-order valence-corrected chi connectivity index (χ0v) is 29.5. The quantitative estimate of drug-likeness (QED) is 0.102. The molecule has 6 aromatic carbocycles. The van der Waals surface area contributed by atoms with Gasteiger partial charge < -0.3 is 13.5 Å². The molecule has 0 spiro atoms. The molecule has 0 aliphatic heterocycles. The zero-order chi connectivity index (χ0) is 33.8. The molecule has 0 saturated carbocycles. The van der Waals surface area contributed by atoms with Crippen molar-refractivity contribution in [3.63, 3.8) is 0 Å². The predicted octanol–water partition coefficient (Wildman–Crippen LogP) is 10.4. The number of rotatable bonds is 3. The average Bonchev–Trinajstić information content (AvgIpc) is 3.75. The molecule has 8 heteroatoms. The number of fused-ring (bicyclic) bond motifs is 16. The van der Waals surface area contributed by atoms with Crippen LogP contribution in [0.2, 0.25) is 0 Å². The number of imidazole rings is 2. The average molecular weight is 761 g/mol. The largest absolute Gasteiger partial charge is 2.00 e. The first kappa shape index (κ1) is 30.6. The van der Waals surface area contributed by atoms with Crippen LogP contribution in [-0.2, 0) is 20.4 Å². The van der Waals surface area contributed by atoms with E-state index in [9.17, 15) is 0 Å². The van der Waals surface area contributed by atoms with Crippen molar-refractivity contribution in [1.29, 1.82) is 0 Å². The van der Waals surface area contributed by atoms with Gasteiger partial charge in [-0.05, 0) is 71.8 Å². The van der Waals surface area contributed by atoms with Crippen molar-refractivity contribution in [3.05, 3.63) is 145 Å². The summed E-state index contributed by atoms with van der Waals surface area (Å²) >= 11 is 0. The number of hydrogen-bond acceptors (Lipinski definition) is 5. The Morgan fingerprint density at radius 3 is 1.88 bits per heavy atom. The molecule has 0 aliphatic rings. The molecule has 52 heavy (non-hydrogen) atoms. The Balaban J connectivity index is 0.00000338. The monoisotopic (exact) mass is 760 g/mol. The Hall–Kier alpha value is -6.20. The van der Waals surface area contributed by atoms with Gasteiger partial charge in [-0.2, -0.15) is 0 Å². The van der Waals surface area contributed by atoms with E-state index in [1.165, 1.54) is 22.3 Å². The molecule has 0 unspecified atom stereocenters. The van der Waals surface area contributed by atoms with E-state index < -0.39 is 0 Å². The van der Waals surface area contributed by atoms with Crippen molar-refractivity contribution in [3.8, 4) is 22.6 Å². The minimum atomic E-state index is 0. The second-order valence-corrected chi connectivity index (χ2v) is 13.1. The normalized spacial score (nSPS) is 11.9. The SMILES string of the molecule is Cc1cccc(C)c1-c1cccc2c1c1ccc(Oc3[c-]c4c(cc3)c3cncnc3n3c5ccccc5nc43)[c-]c1c1nc3ccccc3n21.[Pd+2]. The Bertz CT molecular complexity index is 3250. The minimum Gasteiger partial charge on any atom is -0.497 e. The van der Waals surface area contributed by atoms with E-state index in [0.29, 0.717) is 11.5 Å². The van der Waals surface area contributed by atoms with E-state index in [2.05, 4.69) is 111 Å². The molecule has 7 nitrogen and oxygen atoms in total. The molecule has 5 heterocycles. The summed E-state index contributed by atoms with van der Waals surface area (Å²) in [6, 6.07) is 44.7. The van der Waals surface area contributed by atoms with E-state index in [4.69, 9.17) is 14.7 Å². The summed E-state index contributed by atoms with van der Waals surface area (Å²) < 4.78 is 10.9. The second kappa shape index (κ2) is 11.4. The molecule has 248 valence electrons. The van der Waals surface area contributed by atoms with E-state index >= 15 is 0 Å². The number of aryl methyl sites for hydroxylation is 2. The maximum atomic E-state index is 6.60. The summed E-state index contributed by atoms with van der Waals surface area (Å²) in [5, 5.41) is 5.82. The number of pyridine rings is 2. The van der Waals surface area contributed by atoms with Crippen molar-refractivity contribution >= 4 is 76.8 Å². The number of nitrogens with zero attached hydrogens (tertiary/aromatic N) is 6. The van der Waals surface area contributed by atoms with Crippen LogP contribution >= 0.6 is 0 Å². The number of para-hydroxylation sites is 4. The van der Waals surface area contributed by atoms with Crippen molar-refractivity contribution in [2.24, 2.45) is 0 Å². The van der Waals surface area contributed by atoms with Crippen molar-refractivity contribution < 1.29 is 25.2 Å². The molecule has 11 aromatic rings. The molecule has 11 rings (SSSR count). The molecule has 0 aliphatic carbocycles. The van der Waals surface area contributed by atoms with Crippen LogP contribution in [0.15, 0.2) is 122 Å². The van der Waals surface area contributed by atoms with Crippen molar-refractivity contribution in [2.75, 3.05) is 0 Å². The van der Waals surface area contributed by atoms with E-state index in [-0.39, 0.29) is 20.4 Å². The van der Waals surface area contributed by atoms with Crippen LogP contribution in [-0.4, -0.2) is 28.7 Å². The van der Waals surface area contributed by atoms with Gasteiger partial charge in [0.15, 0.2) is 0 Å². The molecule has 0 radical (unpaired) electrons. The molecule has 0 atom stereocenters. The van der Waals surface area contributed by atoms with Crippen LogP contribution in [0.3, 0.4) is 0 Å². The smallest absolute Gasteiger partial charge is 0.497 e. The van der Waals surface area contributed by atoms with Gasteiger partial charge in [0.2, 0.25) is 0 Å². The first-order chi connectivity index (χ1) is 25.1. The van der Waals surface area contributed by atoms with Gasteiger partial charge in [0.25, 0.3) is 0 Å². The number of ether oxygens (including phenoxy) is 1. The molecule has 5 aromatic heterocycles. The van der Waals surface area contributed by atoms with Crippen LogP contribution in [0.5, 0.6) is 11.5 Å². The zero-order valence-electron chi connectivity index (χ0n) is 28.0. The van der Waals surface area contributed by atoms with Crippen LogP contribution < -0.4 is 4.74 Å². The molecule has 0 amide bonds. The number of aromatic nitrogens is 6. The Labute approximate surface area is 310 Å². The van der Waals surface area contributed by atoms with Crippen LogP contribution in [0.1, 0.15) is 11.1 Å². The van der Waals surface area contributed by atoms with Gasteiger partial charge in [0, 0.05) is 28.6 Å². The fraction of sp³-hybridized carbons (Fsp3) is 0.0455. The van der Waals surface area contributed by atoms with Gasteiger partial charge in [-0.3, -0.25) is 9.97 Å². The van der Waals surface area contributed by atoms with Crippen molar-refractivity contribution in [2.45, 2.75) is 13.8 Å². The third-order valence-electron chi connectivity index (χ3n) is 10.1. The molecule has 0 fully saturated rings. The maximum absolute atomic E-state index is 6.60. The fourth-order valence-corrected chi connectivity index (χ4v) is 7.97. The summed E-state index contributed by atoms with van der Waals surface area (Å²) in [5.41, 5.74) is 12.2. The van der Waals surface area contributed by atoms with Gasteiger partial charge in [0.05, 0.1) is 33.4 Å². The van der Waals surface area contributed by atoms with Gasteiger partial charge in [-0.15, -0.1) is 12.1 Å². The van der Waals surface area contributed by atoms with Gasteiger partial charge in [-0.25, -0.2) is 9.97 Å². The van der Waals surface area contributed by atoms with Gasteiger partial charge in [-0.1, -0.05) is 100 Å². The molecule has 0 bridgehead atoms. The number of hydrogen-bond donors (Lipinski definition) is 0. The Morgan fingerprint density at radius 1 is 0.558 bits per heavy atom. The minimum absolute atomic E-state index is 0. The fourth-order valence-electron chi connectivity index (χ4n) is 7.97. The first-order valence-corrected chi connectivity index (χ1v) is 16.9. The molecule has 0 saturated heterocycles. The van der Waals surface area contributed by atoms with Crippen LogP contribution in [0, 0.1) is 26.0 Å². The summed E-state index contributed by atoms with van der Waals surface area (Å²) in [6.07, 6.45) is 3.43. The topological polar surface area (TPSA) is 69.6 Å². The Kier molecular flexibility index (Phi) is 6.72. The molecular formula is C44H26N6OPd. The van der Waals surface area contributed by atoms with Crippen LogP contribution in [0.25, 0.3) is 88.0 Å². The summed E-state index contributed by atoms with van der Waals surface area (Å²) in [4.78, 5) is 19.2. The summed E-state index contributed by atoms with van der Waals surface area (Å²) in [5.74, 6) is 1.13. The van der Waals surface area contributed by atoms with E-state index in [1.807, 2.05) is 48.7 Å². The maximum Gasteiger partial charge on any atom is 2.00 e. The predicted molar refractivity (Wildman–Crippen MR) is 204 cm³/mol.